The molecule has 1 amide bonds. The highest BCUT2D eigenvalue weighted by atomic mass is 79.9. The Balaban J connectivity index is 1.25. The molecule has 4 rings (SSSR count). The van der Waals surface area contributed by atoms with Gasteiger partial charge in [-0.2, -0.15) is 5.26 Å². The number of rotatable bonds is 6. The summed E-state index contributed by atoms with van der Waals surface area (Å²) in [7, 11) is 0. The number of nitriles is 1. The first-order valence-corrected chi connectivity index (χ1v) is 9.66. The summed E-state index contributed by atoms with van der Waals surface area (Å²) in [6, 6.07) is 10.7. The van der Waals surface area contributed by atoms with Gasteiger partial charge >= 0.3 is 0 Å². The van der Waals surface area contributed by atoms with Crippen molar-refractivity contribution in [2.24, 2.45) is 5.16 Å². The molecule has 0 saturated carbocycles. The number of hydrogen-bond donors (Lipinski definition) is 1. The molecule has 1 aromatic carbocycles. The summed E-state index contributed by atoms with van der Waals surface area (Å²) in [4.78, 5) is 21.9. The maximum absolute atomic E-state index is 12.4. The lowest BCUT2D eigenvalue weighted by Crippen LogP contribution is -2.30. The fraction of sp³-hybridized carbons (Fsp3) is 0.200. The minimum absolute atomic E-state index is 0.190. The maximum atomic E-state index is 12.4. The molecule has 3 aromatic rings. The molecule has 1 N–H and O–H groups in total. The van der Waals surface area contributed by atoms with Gasteiger partial charge in [-0.05, 0) is 46.3 Å². The number of hydrogen-bond acceptors (Lipinski definition) is 6. The molecule has 0 saturated heterocycles. The lowest BCUT2D eigenvalue weighted by Gasteiger charge is -2.12. The van der Waals surface area contributed by atoms with Crippen molar-refractivity contribution in [3.8, 4) is 11.8 Å². The molecule has 29 heavy (non-hydrogen) atoms. The maximum Gasteiger partial charge on any atom is 0.253 e. The van der Waals surface area contributed by atoms with Gasteiger partial charge in [0.2, 0.25) is 0 Å². The topological polar surface area (TPSA) is 101 Å². The first kappa shape index (κ1) is 19.0. The van der Waals surface area contributed by atoms with Crippen molar-refractivity contribution < 1.29 is 14.4 Å². The number of nitrogens with zero attached hydrogens (tertiary/aromatic N) is 4. The van der Waals surface area contributed by atoms with E-state index >= 15 is 0 Å². The number of ether oxygens (including phenoxy) is 1. The fourth-order valence-electron chi connectivity index (χ4n) is 2.89. The summed E-state index contributed by atoms with van der Waals surface area (Å²) in [6.45, 7) is 0.612. The highest BCUT2D eigenvalue weighted by molar-refractivity contribution is 9.10. The van der Waals surface area contributed by atoms with E-state index in [0.717, 1.165) is 11.4 Å². The Labute approximate surface area is 174 Å². The Morgan fingerprint density at radius 3 is 3.14 bits per heavy atom. The zero-order valence-electron chi connectivity index (χ0n) is 15.2. The zero-order chi connectivity index (χ0) is 20.2. The molecule has 1 aliphatic rings. The van der Waals surface area contributed by atoms with Crippen LogP contribution in [0.15, 0.2) is 58.6 Å². The molecule has 0 bridgehead atoms. The van der Waals surface area contributed by atoms with Gasteiger partial charge in [-0.3, -0.25) is 4.79 Å². The van der Waals surface area contributed by atoms with Crippen LogP contribution in [0.4, 0.5) is 0 Å². The first-order chi connectivity index (χ1) is 14.1. The van der Waals surface area contributed by atoms with E-state index in [2.05, 4.69) is 37.5 Å². The number of pyridine rings is 1. The van der Waals surface area contributed by atoms with Gasteiger partial charge in [-0.1, -0.05) is 5.16 Å². The van der Waals surface area contributed by atoms with Crippen molar-refractivity contribution in [1.82, 2.24) is 14.7 Å². The van der Waals surface area contributed by atoms with E-state index in [0.29, 0.717) is 40.9 Å². The van der Waals surface area contributed by atoms with Gasteiger partial charge in [-0.25, -0.2) is 4.98 Å². The Hall–Kier alpha value is -3.38. The minimum atomic E-state index is -0.230. The normalized spacial score (nSPS) is 15.4. The van der Waals surface area contributed by atoms with Crippen LogP contribution in [0, 0.1) is 11.3 Å². The van der Waals surface area contributed by atoms with Crippen molar-refractivity contribution in [2.75, 3.05) is 13.2 Å². The second-order valence-electron chi connectivity index (χ2n) is 6.45. The zero-order valence-corrected chi connectivity index (χ0v) is 16.8. The van der Waals surface area contributed by atoms with Crippen molar-refractivity contribution in [3.05, 3.63) is 64.5 Å². The lowest BCUT2D eigenvalue weighted by molar-refractivity contribution is 0.0468. The third-order valence-electron chi connectivity index (χ3n) is 4.38. The van der Waals surface area contributed by atoms with E-state index in [9.17, 15) is 4.79 Å². The van der Waals surface area contributed by atoms with Crippen LogP contribution in [0.3, 0.4) is 0 Å². The molecule has 1 aliphatic heterocycles. The third-order valence-corrected chi connectivity index (χ3v) is 5.00. The summed E-state index contributed by atoms with van der Waals surface area (Å²) < 4.78 is 8.24. The summed E-state index contributed by atoms with van der Waals surface area (Å²) in [5.74, 6) is 0.439. The first-order valence-electron chi connectivity index (χ1n) is 8.87. The molecule has 9 heteroatoms. The Morgan fingerprint density at radius 1 is 1.41 bits per heavy atom. The molecule has 1 atom stereocenters. The van der Waals surface area contributed by atoms with Crippen LogP contribution in [0.1, 0.15) is 22.3 Å². The number of carbonyl (C=O) groups is 1. The number of aromatic nitrogens is 2. The number of oxime groups is 1. The van der Waals surface area contributed by atoms with Gasteiger partial charge in [0, 0.05) is 25.0 Å². The molecule has 0 fully saturated rings. The number of nitrogens with one attached hydrogen (secondary N) is 1. The predicted octanol–water partition coefficient (Wildman–Crippen LogP) is 2.92. The molecule has 3 heterocycles. The largest absolute Gasteiger partial charge is 0.488 e. The summed E-state index contributed by atoms with van der Waals surface area (Å²) in [6.07, 6.45) is 5.54. The third kappa shape index (κ3) is 4.38. The molecule has 0 radical (unpaired) electrons. The number of amides is 1. The van der Waals surface area contributed by atoms with Gasteiger partial charge in [0.05, 0.1) is 33.9 Å². The molecular formula is C20H16BrN5O3. The number of halogens is 1. The Kier molecular flexibility index (Phi) is 5.44. The van der Waals surface area contributed by atoms with Crippen LogP contribution >= 0.6 is 15.9 Å². The summed E-state index contributed by atoms with van der Waals surface area (Å²) in [5.41, 5.74) is 2.62. The summed E-state index contributed by atoms with van der Waals surface area (Å²) >= 11 is 3.39. The van der Waals surface area contributed by atoms with E-state index in [4.69, 9.17) is 14.8 Å². The average molecular weight is 454 g/mol. The van der Waals surface area contributed by atoms with E-state index < -0.39 is 0 Å². The van der Waals surface area contributed by atoms with Crippen LogP contribution in [0.2, 0.25) is 0 Å². The Morgan fingerprint density at radius 2 is 2.31 bits per heavy atom. The fourth-order valence-corrected chi connectivity index (χ4v) is 3.38. The molecule has 0 aliphatic carbocycles. The highest BCUT2D eigenvalue weighted by Gasteiger charge is 2.22. The van der Waals surface area contributed by atoms with E-state index in [1.54, 1.807) is 53.3 Å². The van der Waals surface area contributed by atoms with Crippen LogP contribution in [-0.4, -0.2) is 40.3 Å². The van der Waals surface area contributed by atoms with E-state index in [1.165, 1.54) is 0 Å². The predicted molar refractivity (Wildman–Crippen MR) is 109 cm³/mol. The van der Waals surface area contributed by atoms with Crippen molar-refractivity contribution >= 4 is 33.2 Å². The Bertz CT molecular complexity index is 1130. The molecular weight excluding hydrogens is 438 g/mol. The van der Waals surface area contributed by atoms with Crippen molar-refractivity contribution in [1.29, 1.82) is 5.26 Å². The van der Waals surface area contributed by atoms with Crippen LogP contribution in [-0.2, 0) is 4.84 Å². The molecule has 1 unspecified atom stereocenters. The van der Waals surface area contributed by atoms with E-state index in [-0.39, 0.29) is 12.0 Å². The highest BCUT2D eigenvalue weighted by Crippen LogP contribution is 2.26. The van der Waals surface area contributed by atoms with E-state index in [1.807, 2.05) is 0 Å². The molecule has 146 valence electrons. The number of fused-ring (bicyclic) bond motifs is 1. The van der Waals surface area contributed by atoms with Crippen LogP contribution in [0.25, 0.3) is 5.65 Å². The lowest BCUT2D eigenvalue weighted by atomic mass is 10.2. The quantitative estimate of drug-likeness (QED) is 0.618. The number of carbonyl (C=O) groups excluding carboxylic acids is 1. The van der Waals surface area contributed by atoms with Crippen molar-refractivity contribution in [2.45, 2.75) is 12.5 Å². The summed E-state index contributed by atoms with van der Waals surface area (Å²) in [5, 5.41) is 15.8. The molecule has 2 aromatic heterocycles. The molecule has 0 spiro atoms. The smallest absolute Gasteiger partial charge is 0.253 e. The van der Waals surface area contributed by atoms with Gasteiger partial charge < -0.3 is 19.3 Å². The van der Waals surface area contributed by atoms with Gasteiger partial charge in [0.1, 0.15) is 18.0 Å². The number of imidazole rings is 1. The number of benzene rings is 1. The van der Waals surface area contributed by atoms with Crippen LogP contribution in [0.5, 0.6) is 5.75 Å². The second kappa shape index (κ2) is 8.32. The minimum Gasteiger partial charge on any atom is -0.488 e. The van der Waals surface area contributed by atoms with Gasteiger partial charge in [0.25, 0.3) is 5.91 Å². The second-order valence-corrected chi connectivity index (χ2v) is 7.30. The monoisotopic (exact) mass is 453 g/mol. The van der Waals surface area contributed by atoms with Gasteiger partial charge in [-0.15, -0.1) is 0 Å². The average Bonchev–Trinajstić information content (AvgIpc) is 3.39. The standard InChI is InChI=1S/C20H16BrN5O3/c21-17-7-13(9-22)1-3-18(17)28-12-16-8-15(25-29-16)10-24-20(27)14-2-4-19-23-5-6-26(19)11-14/h1-7,11,16H,8,10,12H2,(H,24,27). The van der Waals surface area contributed by atoms with Crippen molar-refractivity contribution in [3.63, 3.8) is 0 Å². The van der Waals surface area contributed by atoms with Crippen LogP contribution < -0.4 is 10.1 Å². The SMILES string of the molecule is N#Cc1ccc(OCC2CC(CNC(=O)c3ccc4nccn4c3)=NO2)c(Br)c1. The molecule has 8 nitrogen and oxygen atoms in total. The van der Waals surface area contributed by atoms with Gasteiger partial charge in [0.15, 0.2) is 6.10 Å².